The number of rotatable bonds is 6. The van der Waals surface area contributed by atoms with E-state index in [9.17, 15) is 10.5 Å². The van der Waals surface area contributed by atoms with Gasteiger partial charge >= 0.3 is 0 Å². The van der Waals surface area contributed by atoms with E-state index in [-0.39, 0.29) is 0 Å². The van der Waals surface area contributed by atoms with Crippen LogP contribution in [-0.2, 0) is 5.41 Å². The Labute approximate surface area is 363 Å². The lowest BCUT2D eigenvalue weighted by Crippen LogP contribution is -2.26. The molecule has 0 radical (unpaired) electrons. The average molecular weight is 804 g/mol. The molecule has 0 unspecified atom stereocenters. The minimum Gasteiger partial charge on any atom is -0.310 e. The van der Waals surface area contributed by atoms with Crippen LogP contribution < -0.4 is 4.90 Å². The van der Waals surface area contributed by atoms with Crippen molar-refractivity contribution in [2.75, 3.05) is 4.90 Å². The van der Waals surface area contributed by atoms with E-state index in [0.29, 0.717) is 28.7 Å². The summed E-state index contributed by atoms with van der Waals surface area (Å²) < 4.78 is 2.22. The largest absolute Gasteiger partial charge is 0.310 e. The first kappa shape index (κ1) is 36.0. The zero-order chi connectivity index (χ0) is 42.1. The van der Waals surface area contributed by atoms with Gasteiger partial charge in [-0.25, -0.2) is 4.98 Å². The van der Waals surface area contributed by atoms with Crippen LogP contribution in [0.2, 0.25) is 0 Å². The number of fused-ring (bicyclic) bond motifs is 12. The molecule has 1 spiro atoms. The number of nitrogens with zero attached hydrogens (tertiary/aromatic N) is 7. The summed E-state index contributed by atoms with van der Waals surface area (Å²) >= 11 is 0. The van der Waals surface area contributed by atoms with Crippen LogP contribution in [0.25, 0.3) is 62.0 Å². The van der Waals surface area contributed by atoms with Crippen LogP contribution in [0.5, 0.6) is 0 Å². The molecule has 0 fully saturated rings. The van der Waals surface area contributed by atoms with Crippen LogP contribution in [0.4, 0.5) is 17.1 Å². The first-order valence-corrected chi connectivity index (χ1v) is 20.8. The van der Waals surface area contributed by atoms with Crippen molar-refractivity contribution < 1.29 is 0 Å². The molecule has 8 aromatic carbocycles. The third-order valence-electron chi connectivity index (χ3n) is 12.5. The Morgan fingerprint density at radius 2 is 0.952 bits per heavy atom. The molecule has 2 aliphatic rings. The minimum absolute atomic E-state index is 0.471. The van der Waals surface area contributed by atoms with Crippen molar-refractivity contribution in [1.29, 1.82) is 10.5 Å². The number of hydrogen-bond acceptors (Lipinski definition) is 6. The molecule has 0 atom stereocenters. The minimum atomic E-state index is -0.891. The van der Waals surface area contributed by atoms with Crippen molar-refractivity contribution in [3.63, 3.8) is 0 Å². The van der Waals surface area contributed by atoms with Gasteiger partial charge in [-0.3, -0.25) is 4.57 Å². The fourth-order valence-electron chi connectivity index (χ4n) is 9.93. The highest BCUT2D eigenvalue weighted by molar-refractivity contribution is 6.06. The molecule has 7 nitrogen and oxygen atoms in total. The number of anilines is 3. The first-order valence-electron chi connectivity index (χ1n) is 20.8. The molecule has 0 saturated heterocycles. The van der Waals surface area contributed by atoms with Gasteiger partial charge in [-0.05, 0) is 88.5 Å². The maximum absolute atomic E-state index is 10.4. The molecule has 0 N–H and O–H groups in total. The first-order chi connectivity index (χ1) is 31.1. The Bertz CT molecular complexity index is 3370. The Morgan fingerprint density at radius 1 is 0.444 bits per heavy atom. The summed E-state index contributed by atoms with van der Waals surface area (Å²) in [6.07, 6.45) is 0. The SMILES string of the molecule is N#Cc1ccc2c(c1)C1(c3cc(C#N)ccc3-2)c2ccccc2-c2c1c1ccc(N(c3ccccc3)c3ccccc3)cc1n2-c1nc(-c2ccccc2)nc(-c2ccccc2)n1. The van der Waals surface area contributed by atoms with E-state index >= 15 is 0 Å². The smallest absolute Gasteiger partial charge is 0.238 e. The van der Waals surface area contributed by atoms with E-state index in [1.165, 1.54) is 0 Å². The molecule has 63 heavy (non-hydrogen) atoms. The van der Waals surface area contributed by atoms with Gasteiger partial charge in [0, 0.05) is 44.7 Å². The summed E-state index contributed by atoms with van der Waals surface area (Å²) in [5, 5.41) is 21.8. The molecule has 0 bridgehead atoms. The zero-order valence-corrected chi connectivity index (χ0v) is 33.7. The highest BCUT2D eigenvalue weighted by atomic mass is 15.2. The predicted molar refractivity (Wildman–Crippen MR) is 248 cm³/mol. The molecule has 12 rings (SSSR count). The van der Waals surface area contributed by atoms with E-state index in [4.69, 9.17) is 15.0 Å². The molecular weight excluding hydrogens is 771 g/mol. The van der Waals surface area contributed by atoms with Gasteiger partial charge in [-0.1, -0.05) is 140 Å². The number of aromatic nitrogens is 4. The summed E-state index contributed by atoms with van der Waals surface area (Å²) in [6.45, 7) is 0. The monoisotopic (exact) mass is 803 g/mol. The second-order valence-corrected chi connectivity index (χ2v) is 15.8. The molecule has 0 saturated carbocycles. The molecule has 0 amide bonds. The third kappa shape index (κ3) is 5.34. The van der Waals surface area contributed by atoms with Crippen molar-refractivity contribution in [3.8, 4) is 63.2 Å². The Morgan fingerprint density at radius 3 is 1.49 bits per heavy atom. The molecule has 2 heterocycles. The van der Waals surface area contributed by atoms with E-state index in [2.05, 4.69) is 125 Å². The number of nitriles is 2. The Kier molecular flexibility index (Phi) is 8.05. The van der Waals surface area contributed by atoms with Crippen LogP contribution in [0.1, 0.15) is 33.4 Å². The van der Waals surface area contributed by atoms with Crippen molar-refractivity contribution in [1.82, 2.24) is 19.5 Å². The highest BCUT2D eigenvalue weighted by Crippen LogP contribution is 2.65. The number of benzene rings is 8. The summed E-state index contributed by atoms with van der Waals surface area (Å²) in [4.78, 5) is 18.1. The number of para-hydroxylation sites is 2. The topological polar surface area (TPSA) is 94.4 Å². The Balaban J connectivity index is 1.25. The molecule has 292 valence electrons. The number of hydrogen-bond donors (Lipinski definition) is 0. The van der Waals surface area contributed by atoms with Crippen LogP contribution in [0.3, 0.4) is 0 Å². The fraction of sp³-hybridized carbons (Fsp3) is 0.0179. The van der Waals surface area contributed by atoms with Gasteiger partial charge < -0.3 is 4.90 Å². The molecule has 0 aliphatic heterocycles. The standard InChI is InChI=1S/C56H33N7/c57-34-36-25-28-43-44-29-26-37(35-58)32-49(44)56(48(43)31-36)47-24-14-13-23-45(47)52-51(56)46-30-27-42(62(40-19-9-3-10-20-40)41-21-11-4-12-22-41)33-50(46)63(52)55-60-53(38-15-5-1-6-16-38)59-54(61-55)39-17-7-2-8-18-39/h1-33H. The van der Waals surface area contributed by atoms with Crippen LogP contribution in [0, 0.1) is 22.7 Å². The second-order valence-electron chi connectivity index (χ2n) is 15.8. The Hall–Kier alpha value is -8.91. The van der Waals surface area contributed by atoms with Crippen molar-refractivity contribution in [2.45, 2.75) is 5.41 Å². The van der Waals surface area contributed by atoms with Gasteiger partial charge in [0.2, 0.25) is 5.95 Å². The lowest BCUT2D eigenvalue weighted by Gasteiger charge is -2.30. The third-order valence-corrected chi connectivity index (χ3v) is 12.5. The van der Waals surface area contributed by atoms with Gasteiger partial charge in [0.15, 0.2) is 11.6 Å². The van der Waals surface area contributed by atoms with Gasteiger partial charge in [0.05, 0.1) is 39.9 Å². The van der Waals surface area contributed by atoms with Crippen LogP contribution in [-0.4, -0.2) is 19.5 Å². The van der Waals surface area contributed by atoms with E-state index in [1.807, 2.05) is 97.1 Å². The molecule has 10 aromatic rings. The normalized spacial score (nSPS) is 12.5. The summed E-state index contributed by atoms with van der Waals surface area (Å²) in [6, 6.07) is 72.9. The van der Waals surface area contributed by atoms with Gasteiger partial charge in [0.25, 0.3) is 0 Å². The van der Waals surface area contributed by atoms with Crippen molar-refractivity contribution >= 4 is 28.0 Å². The zero-order valence-electron chi connectivity index (χ0n) is 33.7. The molecular formula is C56H33N7. The van der Waals surface area contributed by atoms with E-state index in [0.717, 1.165) is 83.7 Å². The summed E-state index contributed by atoms with van der Waals surface area (Å²) in [7, 11) is 0. The quantitative estimate of drug-likeness (QED) is 0.166. The summed E-state index contributed by atoms with van der Waals surface area (Å²) in [5.41, 5.74) is 14.0. The lowest BCUT2D eigenvalue weighted by atomic mass is 9.69. The maximum atomic E-state index is 10.4. The van der Waals surface area contributed by atoms with Crippen LogP contribution >= 0.6 is 0 Å². The van der Waals surface area contributed by atoms with Crippen LogP contribution in [0.15, 0.2) is 200 Å². The maximum Gasteiger partial charge on any atom is 0.238 e. The van der Waals surface area contributed by atoms with E-state index < -0.39 is 5.41 Å². The average Bonchev–Trinajstić information content (AvgIpc) is 3.96. The molecule has 2 aromatic heterocycles. The van der Waals surface area contributed by atoms with Gasteiger partial charge in [-0.15, -0.1) is 0 Å². The molecule has 2 aliphatic carbocycles. The predicted octanol–water partition coefficient (Wildman–Crippen LogP) is 12.7. The summed E-state index contributed by atoms with van der Waals surface area (Å²) in [5.74, 6) is 1.58. The fourth-order valence-corrected chi connectivity index (χ4v) is 9.93. The van der Waals surface area contributed by atoms with E-state index in [1.54, 1.807) is 0 Å². The second kappa shape index (κ2) is 14.1. The highest BCUT2D eigenvalue weighted by Gasteiger charge is 2.54. The van der Waals surface area contributed by atoms with Crippen molar-refractivity contribution in [3.05, 3.63) is 234 Å². The molecule has 7 heteroatoms. The van der Waals surface area contributed by atoms with Gasteiger partial charge in [-0.2, -0.15) is 20.5 Å². The van der Waals surface area contributed by atoms with Crippen molar-refractivity contribution in [2.24, 2.45) is 0 Å². The van der Waals surface area contributed by atoms with Gasteiger partial charge in [0.1, 0.15) is 0 Å². The lowest BCUT2D eigenvalue weighted by molar-refractivity contribution is 0.799.